The minimum Gasteiger partial charge on any atom is -0.462 e. The maximum Gasteiger partial charge on any atom is 0.338 e. The minimum atomic E-state index is -0.303. The number of rotatable bonds is 5. The van der Waals surface area contributed by atoms with Crippen molar-refractivity contribution in [3.8, 4) is 0 Å². The summed E-state index contributed by atoms with van der Waals surface area (Å²) in [5.74, 6) is -0.303. The molecule has 2 aromatic carbocycles. The molecule has 2 aromatic rings. The third-order valence-electron chi connectivity index (χ3n) is 3.21. The Balaban J connectivity index is 2.24. The Kier molecular flexibility index (Phi) is 5.73. The number of hydrogen-bond acceptors (Lipinski definition) is 2. The molecule has 0 fully saturated rings. The third-order valence-corrected chi connectivity index (χ3v) is 3.21. The molecule has 2 nitrogen and oxygen atoms in total. The lowest BCUT2D eigenvalue weighted by Gasteiger charge is -2.06. The van der Waals surface area contributed by atoms with Crippen LogP contribution in [0.25, 0.3) is 11.6 Å². The third kappa shape index (κ3) is 4.45. The van der Waals surface area contributed by atoms with Gasteiger partial charge in [-0.2, -0.15) is 0 Å². The van der Waals surface area contributed by atoms with Crippen LogP contribution in [0.2, 0.25) is 0 Å². The molecule has 0 heterocycles. The van der Waals surface area contributed by atoms with Gasteiger partial charge >= 0.3 is 5.97 Å². The van der Waals surface area contributed by atoms with Gasteiger partial charge in [-0.15, -0.1) is 0 Å². The molecule has 2 rings (SSSR count). The topological polar surface area (TPSA) is 26.3 Å². The van der Waals surface area contributed by atoms with E-state index in [1.807, 2.05) is 61.5 Å². The van der Waals surface area contributed by atoms with Crippen LogP contribution < -0.4 is 0 Å². The van der Waals surface area contributed by atoms with Crippen molar-refractivity contribution in [2.75, 3.05) is 6.61 Å². The standard InChI is InChI=1S/C20H20O2/c1-3-22-20(21)19(18-9-5-4-6-10-18)11-7-8-17-14-12-16(2)13-15-17/h4-15H,3H2,1-2H3/b8-7+,19-11-. The van der Waals surface area contributed by atoms with Gasteiger partial charge in [-0.25, -0.2) is 4.79 Å². The van der Waals surface area contributed by atoms with Crippen molar-refractivity contribution in [1.29, 1.82) is 0 Å². The summed E-state index contributed by atoms with van der Waals surface area (Å²) in [7, 11) is 0. The first kappa shape index (κ1) is 15.8. The number of esters is 1. The highest BCUT2D eigenvalue weighted by atomic mass is 16.5. The lowest BCUT2D eigenvalue weighted by molar-refractivity contribution is -0.136. The molecular formula is C20H20O2. The summed E-state index contributed by atoms with van der Waals surface area (Å²) in [5, 5.41) is 0. The van der Waals surface area contributed by atoms with Gasteiger partial charge in [0.15, 0.2) is 0 Å². The molecule has 0 amide bonds. The molecule has 0 N–H and O–H groups in total. The molecule has 22 heavy (non-hydrogen) atoms. The molecule has 0 spiro atoms. The number of benzene rings is 2. The molecule has 0 saturated carbocycles. The van der Waals surface area contributed by atoms with E-state index >= 15 is 0 Å². The molecule has 0 aromatic heterocycles. The van der Waals surface area contributed by atoms with E-state index in [1.165, 1.54) is 5.56 Å². The summed E-state index contributed by atoms with van der Waals surface area (Å²) in [5.41, 5.74) is 3.74. The molecule has 0 aliphatic heterocycles. The monoisotopic (exact) mass is 292 g/mol. The summed E-state index contributed by atoms with van der Waals surface area (Å²) >= 11 is 0. The van der Waals surface area contributed by atoms with Crippen LogP contribution in [0.4, 0.5) is 0 Å². The summed E-state index contributed by atoms with van der Waals surface area (Å²) in [6.07, 6.45) is 5.65. The smallest absolute Gasteiger partial charge is 0.338 e. The quantitative estimate of drug-likeness (QED) is 0.455. The second-order valence-electron chi connectivity index (χ2n) is 4.94. The van der Waals surface area contributed by atoms with E-state index in [-0.39, 0.29) is 5.97 Å². The summed E-state index contributed by atoms with van der Waals surface area (Å²) in [6.45, 7) is 4.23. The predicted molar refractivity (Wildman–Crippen MR) is 91.3 cm³/mol. The van der Waals surface area contributed by atoms with Crippen LogP contribution in [0.1, 0.15) is 23.6 Å². The second kappa shape index (κ2) is 7.99. The van der Waals surface area contributed by atoms with Gasteiger partial charge < -0.3 is 4.74 Å². The fourth-order valence-electron chi connectivity index (χ4n) is 2.04. The van der Waals surface area contributed by atoms with Gasteiger partial charge in [0.25, 0.3) is 0 Å². The number of ether oxygens (including phenoxy) is 1. The number of carbonyl (C=O) groups is 1. The number of allylic oxidation sites excluding steroid dienone is 2. The highest BCUT2D eigenvalue weighted by Gasteiger charge is 2.11. The maximum atomic E-state index is 12.1. The van der Waals surface area contributed by atoms with Crippen LogP contribution in [0.5, 0.6) is 0 Å². The van der Waals surface area contributed by atoms with Crippen molar-refractivity contribution in [3.05, 3.63) is 83.4 Å². The Labute approximate surface area is 131 Å². The Morgan fingerprint density at radius 2 is 1.73 bits per heavy atom. The predicted octanol–water partition coefficient (Wildman–Crippen LogP) is 4.65. The summed E-state index contributed by atoms with van der Waals surface area (Å²) in [6, 6.07) is 17.8. The largest absolute Gasteiger partial charge is 0.462 e. The molecule has 2 heteroatoms. The first-order valence-electron chi connectivity index (χ1n) is 7.38. The van der Waals surface area contributed by atoms with Crippen molar-refractivity contribution in [2.45, 2.75) is 13.8 Å². The first-order chi connectivity index (χ1) is 10.7. The van der Waals surface area contributed by atoms with E-state index in [9.17, 15) is 4.79 Å². The van der Waals surface area contributed by atoms with Crippen molar-refractivity contribution >= 4 is 17.6 Å². The van der Waals surface area contributed by atoms with Gasteiger partial charge in [-0.1, -0.05) is 72.3 Å². The van der Waals surface area contributed by atoms with E-state index in [1.54, 1.807) is 6.08 Å². The van der Waals surface area contributed by atoms with Gasteiger partial charge in [-0.3, -0.25) is 0 Å². The molecule has 0 atom stereocenters. The van der Waals surface area contributed by atoms with Gasteiger partial charge in [0.05, 0.1) is 12.2 Å². The molecule has 0 aliphatic carbocycles. The van der Waals surface area contributed by atoms with Crippen molar-refractivity contribution in [2.24, 2.45) is 0 Å². The lowest BCUT2D eigenvalue weighted by atomic mass is 10.1. The molecule has 0 saturated heterocycles. The average Bonchev–Trinajstić information content (AvgIpc) is 2.54. The Bertz CT molecular complexity index is 665. The minimum absolute atomic E-state index is 0.303. The molecule has 0 radical (unpaired) electrons. The van der Waals surface area contributed by atoms with Crippen molar-refractivity contribution in [1.82, 2.24) is 0 Å². The van der Waals surface area contributed by atoms with Gasteiger partial charge in [0, 0.05) is 0 Å². The molecule has 112 valence electrons. The van der Waals surface area contributed by atoms with Gasteiger partial charge in [-0.05, 0) is 31.1 Å². The van der Waals surface area contributed by atoms with Gasteiger partial charge in [0.1, 0.15) is 0 Å². The molecule has 0 aliphatic rings. The van der Waals surface area contributed by atoms with E-state index in [0.29, 0.717) is 12.2 Å². The van der Waals surface area contributed by atoms with E-state index in [4.69, 9.17) is 4.74 Å². The van der Waals surface area contributed by atoms with Crippen LogP contribution in [0.15, 0.2) is 66.7 Å². The summed E-state index contributed by atoms with van der Waals surface area (Å²) in [4.78, 5) is 12.1. The zero-order valence-corrected chi connectivity index (χ0v) is 13.0. The highest BCUT2D eigenvalue weighted by Crippen LogP contribution is 2.16. The van der Waals surface area contributed by atoms with E-state index in [2.05, 4.69) is 19.1 Å². The Morgan fingerprint density at radius 1 is 1.05 bits per heavy atom. The van der Waals surface area contributed by atoms with Crippen molar-refractivity contribution in [3.63, 3.8) is 0 Å². The Hall–Kier alpha value is -2.61. The van der Waals surface area contributed by atoms with E-state index < -0.39 is 0 Å². The highest BCUT2D eigenvalue weighted by molar-refractivity contribution is 6.16. The SMILES string of the molecule is CCOC(=O)/C(=C\C=C\c1ccc(C)cc1)c1ccccc1. The maximum absolute atomic E-state index is 12.1. The van der Waals surface area contributed by atoms with E-state index in [0.717, 1.165) is 11.1 Å². The number of hydrogen-bond donors (Lipinski definition) is 0. The first-order valence-corrected chi connectivity index (χ1v) is 7.38. The number of carbonyl (C=O) groups excluding carboxylic acids is 1. The molecule has 0 bridgehead atoms. The summed E-state index contributed by atoms with van der Waals surface area (Å²) < 4.78 is 5.14. The van der Waals surface area contributed by atoms with Crippen LogP contribution in [-0.4, -0.2) is 12.6 Å². The van der Waals surface area contributed by atoms with Crippen LogP contribution in [0.3, 0.4) is 0 Å². The normalized spacial score (nSPS) is 11.6. The van der Waals surface area contributed by atoms with Crippen LogP contribution in [-0.2, 0) is 9.53 Å². The van der Waals surface area contributed by atoms with Gasteiger partial charge in [0.2, 0.25) is 0 Å². The zero-order valence-electron chi connectivity index (χ0n) is 13.0. The zero-order chi connectivity index (χ0) is 15.8. The second-order valence-corrected chi connectivity index (χ2v) is 4.94. The molecule has 0 unspecified atom stereocenters. The lowest BCUT2D eigenvalue weighted by Crippen LogP contribution is -2.06. The van der Waals surface area contributed by atoms with Crippen LogP contribution >= 0.6 is 0 Å². The Morgan fingerprint density at radius 3 is 2.36 bits per heavy atom. The fourth-order valence-corrected chi connectivity index (χ4v) is 2.04. The number of aryl methyl sites for hydroxylation is 1. The van der Waals surface area contributed by atoms with Crippen LogP contribution in [0, 0.1) is 6.92 Å². The average molecular weight is 292 g/mol. The fraction of sp³-hybridized carbons (Fsp3) is 0.150. The van der Waals surface area contributed by atoms with Crippen molar-refractivity contribution < 1.29 is 9.53 Å². The molecular weight excluding hydrogens is 272 g/mol.